The molecule has 4 bridgehead atoms. The number of aromatic nitrogens is 1. The summed E-state index contributed by atoms with van der Waals surface area (Å²) in [5, 5.41) is 2.56. The van der Waals surface area contributed by atoms with E-state index in [1.165, 1.54) is 98.7 Å². The molecule has 4 saturated carbocycles. The zero-order chi connectivity index (χ0) is 39.4. The van der Waals surface area contributed by atoms with Crippen molar-refractivity contribution in [3.63, 3.8) is 0 Å². The molecule has 0 unspecified atom stereocenters. The molecule has 4 fully saturated rings. The van der Waals surface area contributed by atoms with Gasteiger partial charge < -0.3 is 9.47 Å². The van der Waals surface area contributed by atoms with Crippen LogP contribution in [-0.4, -0.2) is 4.57 Å². The molecule has 5 aliphatic carbocycles. The number of anilines is 3. The van der Waals surface area contributed by atoms with Gasteiger partial charge in [-0.1, -0.05) is 133 Å². The van der Waals surface area contributed by atoms with Crippen molar-refractivity contribution >= 4 is 38.9 Å². The van der Waals surface area contributed by atoms with Crippen molar-refractivity contribution in [2.24, 2.45) is 23.7 Å². The Morgan fingerprint density at radius 2 is 0.933 bits per heavy atom. The van der Waals surface area contributed by atoms with Crippen LogP contribution in [-0.2, 0) is 5.41 Å². The van der Waals surface area contributed by atoms with E-state index in [1.807, 2.05) is 0 Å². The van der Waals surface area contributed by atoms with Crippen molar-refractivity contribution in [1.82, 2.24) is 4.57 Å². The Morgan fingerprint density at radius 3 is 1.67 bits per heavy atom. The number of benzene rings is 8. The van der Waals surface area contributed by atoms with Crippen LogP contribution in [0.3, 0.4) is 0 Å². The number of para-hydroxylation sites is 2. The Hall–Kier alpha value is -6.64. The molecule has 8 aromatic carbocycles. The maximum atomic E-state index is 2.55. The Bertz CT molecular complexity index is 3030. The van der Waals surface area contributed by atoms with Crippen LogP contribution < -0.4 is 4.90 Å². The topological polar surface area (TPSA) is 8.17 Å². The number of hydrogen-bond donors (Lipinski definition) is 0. The Balaban J connectivity index is 0.932. The molecule has 0 amide bonds. The third-order valence-electron chi connectivity index (χ3n) is 15.2. The Morgan fingerprint density at radius 1 is 0.383 bits per heavy atom. The molecule has 0 saturated heterocycles. The summed E-state index contributed by atoms with van der Waals surface area (Å²) in [6.07, 6.45) is 7.06. The molecule has 0 radical (unpaired) electrons. The van der Waals surface area contributed by atoms with Crippen molar-refractivity contribution in [3.8, 4) is 39.1 Å². The van der Waals surface area contributed by atoms with Crippen LogP contribution in [0.2, 0.25) is 0 Å². The molecule has 60 heavy (non-hydrogen) atoms. The minimum absolute atomic E-state index is 0.158. The van der Waals surface area contributed by atoms with Gasteiger partial charge in [0.05, 0.1) is 11.0 Å². The number of hydrogen-bond acceptors (Lipinski definition) is 1. The fraction of sp³-hybridized carbons (Fsp3) is 0.172. The van der Waals surface area contributed by atoms with E-state index < -0.39 is 0 Å². The molecule has 1 heterocycles. The van der Waals surface area contributed by atoms with Gasteiger partial charge in [0.25, 0.3) is 0 Å². The predicted octanol–water partition coefficient (Wildman–Crippen LogP) is 15.3. The molecule has 5 aliphatic rings. The Labute approximate surface area is 352 Å². The van der Waals surface area contributed by atoms with Gasteiger partial charge in [-0.2, -0.15) is 0 Å². The first-order valence-corrected chi connectivity index (χ1v) is 22.1. The molecule has 2 nitrogen and oxygen atoms in total. The SMILES string of the molecule is c1ccc(-c2cccc(N(c3ccc(-c4cccc(-n5c6ccccc6c6ccccc65)c4)cc3)c3ccc4c(c3)-c3ccccc3C43C4CC5CC(C4)CC3C5)c2)cc1. The lowest BCUT2D eigenvalue weighted by atomic mass is 9.43. The average molecular weight is 771 g/mol. The third kappa shape index (κ3) is 5.00. The van der Waals surface area contributed by atoms with Crippen molar-refractivity contribution in [2.45, 2.75) is 37.5 Å². The summed E-state index contributed by atoms with van der Waals surface area (Å²) < 4.78 is 2.41. The molecule has 0 N–H and O–H groups in total. The molecule has 1 aromatic heterocycles. The second kappa shape index (κ2) is 13.2. The summed E-state index contributed by atoms with van der Waals surface area (Å²) in [6.45, 7) is 0. The number of rotatable bonds is 6. The smallest absolute Gasteiger partial charge is 0.0541 e. The van der Waals surface area contributed by atoms with Crippen molar-refractivity contribution in [2.75, 3.05) is 4.90 Å². The summed E-state index contributed by atoms with van der Waals surface area (Å²) in [5.41, 5.74) is 18.2. The zero-order valence-corrected chi connectivity index (χ0v) is 33.7. The van der Waals surface area contributed by atoms with Crippen LogP contribution in [0.1, 0.15) is 43.2 Å². The minimum atomic E-state index is 0.158. The standard InChI is InChI=1S/C58H46N2/c1-2-12-40(13-3-1)42-14-10-16-47(35-42)59(49-28-29-55-53(37-49)50-18-4-7-21-54(50)58(55)44-31-38-30-39(33-44)34-45(58)32-38)46-26-24-41(25-27-46)43-15-11-17-48(36-43)60-56-22-8-5-19-51(56)52-20-6-9-23-57(52)60/h1-29,35-39,44-45H,30-34H2. The van der Waals surface area contributed by atoms with Crippen LogP contribution in [0.25, 0.3) is 60.9 Å². The molecule has 14 rings (SSSR count). The lowest BCUT2D eigenvalue weighted by Gasteiger charge is -2.61. The summed E-state index contributed by atoms with van der Waals surface area (Å²) in [5.74, 6) is 3.36. The first-order chi connectivity index (χ1) is 29.7. The summed E-state index contributed by atoms with van der Waals surface area (Å²) in [7, 11) is 0. The molecule has 0 aliphatic heterocycles. The lowest BCUT2D eigenvalue weighted by molar-refractivity contribution is -0.0399. The van der Waals surface area contributed by atoms with Crippen LogP contribution in [0.5, 0.6) is 0 Å². The van der Waals surface area contributed by atoms with Gasteiger partial charge in [0.1, 0.15) is 0 Å². The minimum Gasteiger partial charge on any atom is -0.310 e. The van der Waals surface area contributed by atoms with E-state index in [0.29, 0.717) is 0 Å². The van der Waals surface area contributed by atoms with Crippen LogP contribution in [0, 0.1) is 23.7 Å². The normalized spacial score (nSPS) is 22.1. The van der Waals surface area contributed by atoms with Gasteiger partial charge in [-0.15, -0.1) is 0 Å². The fourth-order valence-corrected chi connectivity index (χ4v) is 13.0. The number of fused-ring (bicyclic) bond motifs is 6. The van der Waals surface area contributed by atoms with Gasteiger partial charge in [0.15, 0.2) is 0 Å². The highest BCUT2D eigenvalue weighted by Gasteiger charge is 2.61. The summed E-state index contributed by atoms with van der Waals surface area (Å²) >= 11 is 0. The van der Waals surface area contributed by atoms with Gasteiger partial charge in [0, 0.05) is 38.9 Å². The molecule has 9 aromatic rings. The first-order valence-electron chi connectivity index (χ1n) is 22.1. The van der Waals surface area contributed by atoms with Gasteiger partial charge in [-0.05, 0) is 161 Å². The van der Waals surface area contributed by atoms with E-state index >= 15 is 0 Å². The van der Waals surface area contributed by atoms with Gasteiger partial charge in [0.2, 0.25) is 0 Å². The van der Waals surface area contributed by atoms with E-state index in [0.717, 1.165) is 35.0 Å². The summed E-state index contributed by atoms with van der Waals surface area (Å²) in [6, 6.07) is 72.6. The molecule has 1 spiro atoms. The van der Waals surface area contributed by atoms with Crippen molar-refractivity contribution in [3.05, 3.63) is 205 Å². The largest absolute Gasteiger partial charge is 0.310 e. The molecular formula is C58H46N2. The average Bonchev–Trinajstić information content (AvgIpc) is 3.79. The quantitative estimate of drug-likeness (QED) is 0.163. The molecular weight excluding hydrogens is 725 g/mol. The van der Waals surface area contributed by atoms with Crippen LogP contribution in [0.4, 0.5) is 17.1 Å². The number of nitrogens with zero attached hydrogens (tertiary/aromatic N) is 2. The lowest BCUT2D eigenvalue weighted by Crippen LogP contribution is -2.55. The third-order valence-corrected chi connectivity index (χ3v) is 15.2. The van der Waals surface area contributed by atoms with Gasteiger partial charge >= 0.3 is 0 Å². The summed E-state index contributed by atoms with van der Waals surface area (Å²) in [4.78, 5) is 2.48. The van der Waals surface area contributed by atoms with Crippen LogP contribution >= 0.6 is 0 Å². The van der Waals surface area contributed by atoms with E-state index in [-0.39, 0.29) is 5.41 Å². The maximum absolute atomic E-state index is 2.55. The van der Waals surface area contributed by atoms with Crippen molar-refractivity contribution < 1.29 is 0 Å². The Kier molecular flexibility index (Phi) is 7.52. The molecule has 288 valence electrons. The van der Waals surface area contributed by atoms with E-state index in [2.05, 4.69) is 204 Å². The molecule has 2 heteroatoms. The zero-order valence-electron chi connectivity index (χ0n) is 33.7. The van der Waals surface area contributed by atoms with Crippen LogP contribution in [0.15, 0.2) is 194 Å². The monoisotopic (exact) mass is 770 g/mol. The van der Waals surface area contributed by atoms with E-state index in [1.54, 1.807) is 11.1 Å². The second-order valence-corrected chi connectivity index (χ2v) is 18.2. The van der Waals surface area contributed by atoms with Gasteiger partial charge in [-0.25, -0.2) is 0 Å². The molecule has 0 atom stereocenters. The highest BCUT2D eigenvalue weighted by Crippen LogP contribution is 2.69. The van der Waals surface area contributed by atoms with Crippen molar-refractivity contribution in [1.29, 1.82) is 0 Å². The maximum Gasteiger partial charge on any atom is 0.0541 e. The van der Waals surface area contributed by atoms with Gasteiger partial charge in [-0.3, -0.25) is 0 Å². The van der Waals surface area contributed by atoms with E-state index in [4.69, 9.17) is 0 Å². The van der Waals surface area contributed by atoms with E-state index in [9.17, 15) is 0 Å². The highest BCUT2D eigenvalue weighted by molar-refractivity contribution is 6.09. The second-order valence-electron chi connectivity index (χ2n) is 18.2. The fourth-order valence-electron chi connectivity index (χ4n) is 13.0. The first kappa shape index (κ1) is 34.2. The predicted molar refractivity (Wildman–Crippen MR) is 250 cm³/mol. The highest BCUT2D eigenvalue weighted by atomic mass is 15.1.